The molecule has 0 spiro atoms. The number of fused-ring (bicyclic) bond motifs is 1. The molecule has 3 rings (SSSR count). The highest BCUT2D eigenvalue weighted by atomic mass is 16.3. The molecule has 2 aliphatic rings. The summed E-state index contributed by atoms with van der Waals surface area (Å²) in [6.07, 6.45) is 3.45. The zero-order valence-corrected chi connectivity index (χ0v) is 12.7. The van der Waals surface area contributed by atoms with Gasteiger partial charge in [0.1, 0.15) is 11.7 Å². The van der Waals surface area contributed by atoms with Crippen LogP contribution in [-0.2, 0) is 0 Å². The summed E-state index contributed by atoms with van der Waals surface area (Å²) in [6, 6.07) is 9.61. The molecule has 1 fully saturated rings. The zero-order chi connectivity index (χ0) is 16.6. The summed E-state index contributed by atoms with van der Waals surface area (Å²) in [5, 5.41) is 37.4. The number of likely N-dealkylation sites (N-methyl/N-ethyl adjacent to an activating group) is 1. The first kappa shape index (κ1) is 15.0. The fourth-order valence-electron chi connectivity index (χ4n) is 3.73. The maximum absolute atomic E-state index is 9.75. The van der Waals surface area contributed by atoms with E-state index in [1.165, 1.54) is 6.26 Å². The lowest BCUT2D eigenvalue weighted by atomic mass is 9.55. The molecule has 114 valence electrons. The van der Waals surface area contributed by atoms with Crippen LogP contribution in [0, 0.1) is 56.7 Å². The molecule has 1 saturated carbocycles. The second-order valence-corrected chi connectivity index (χ2v) is 6.03. The van der Waals surface area contributed by atoms with Crippen molar-refractivity contribution < 1.29 is 4.42 Å². The van der Waals surface area contributed by atoms with Gasteiger partial charge in [-0.2, -0.15) is 15.8 Å². The Kier molecular flexibility index (Phi) is 3.52. The van der Waals surface area contributed by atoms with Gasteiger partial charge >= 0.3 is 0 Å². The molecule has 0 aromatic carbocycles. The molecule has 2 heterocycles. The molecule has 0 bridgehead atoms. The van der Waals surface area contributed by atoms with Gasteiger partial charge in [-0.05, 0) is 24.8 Å². The van der Waals surface area contributed by atoms with Crippen molar-refractivity contribution in [1.82, 2.24) is 4.90 Å². The molecule has 1 aromatic heterocycles. The number of nitrogens with one attached hydrogen (secondary N) is 1. The predicted octanol–water partition coefficient (Wildman–Crippen LogP) is 2.06. The smallest absolute Gasteiger partial charge is 0.192 e. The summed E-state index contributed by atoms with van der Waals surface area (Å²) in [6.45, 7) is 1.31. The molecule has 6 heteroatoms. The van der Waals surface area contributed by atoms with Crippen molar-refractivity contribution in [3.63, 3.8) is 0 Å². The summed E-state index contributed by atoms with van der Waals surface area (Å²) in [5.74, 6) is -1.09. The number of hydrogen-bond acceptors (Lipinski definition) is 6. The van der Waals surface area contributed by atoms with Gasteiger partial charge in [-0.25, -0.2) is 0 Å². The first-order valence-corrected chi connectivity index (χ1v) is 7.32. The van der Waals surface area contributed by atoms with E-state index >= 15 is 0 Å². The van der Waals surface area contributed by atoms with Crippen LogP contribution in [0.15, 0.2) is 34.5 Å². The van der Waals surface area contributed by atoms with E-state index in [-0.39, 0.29) is 11.6 Å². The molecule has 1 aliphatic carbocycles. The van der Waals surface area contributed by atoms with Gasteiger partial charge in [-0.1, -0.05) is 6.08 Å². The molecular formula is C17H15N5O. The normalized spacial score (nSPS) is 29.6. The Morgan fingerprint density at radius 1 is 1.35 bits per heavy atom. The van der Waals surface area contributed by atoms with Gasteiger partial charge in [-0.15, -0.1) is 0 Å². The summed E-state index contributed by atoms with van der Waals surface area (Å²) >= 11 is 0. The average Bonchev–Trinajstić information content (AvgIpc) is 3.08. The van der Waals surface area contributed by atoms with Crippen LogP contribution in [0.3, 0.4) is 0 Å². The molecule has 0 amide bonds. The lowest BCUT2D eigenvalue weighted by Gasteiger charge is -2.46. The Labute approximate surface area is 134 Å². The van der Waals surface area contributed by atoms with Crippen molar-refractivity contribution in [2.75, 3.05) is 20.1 Å². The largest absolute Gasteiger partial charge is 0.469 e. The second kappa shape index (κ2) is 5.39. The lowest BCUT2D eigenvalue weighted by Crippen LogP contribution is -2.52. The highest BCUT2D eigenvalue weighted by Crippen LogP contribution is 2.53. The highest BCUT2D eigenvalue weighted by molar-refractivity contribution is 6.00. The van der Waals surface area contributed by atoms with Crippen molar-refractivity contribution in [3.8, 4) is 18.2 Å². The van der Waals surface area contributed by atoms with Crippen LogP contribution in [0.2, 0.25) is 0 Å². The van der Waals surface area contributed by atoms with Gasteiger partial charge in [0.15, 0.2) is 5.41 Å². The zero-order valence-electron chi connectivity index (χ0n) is 12.7. The Morgan fingerprint density at radius 2 is 2.09 bits per heavy atom. The van der Waals surface area contributed by atoms with Crippen molar-refractivity contribution in [3.05, 3.63) is 35.8 Å². The van der Waals surface area contributed by atoms with E-state index in [0.717, 1.165) is 5.57 Å². The minimum Gasteiger partial charge on any atom is -0.469 e. The third-order valence-corrected chi connectivity index (χ3v) is 4.82. The summed E-state index contributed by atoms with van der Waals surface area (Å²) < 4.78 is 5.51. The number of hydrogen-bond donors (Lipinski definition) is 1. The predicted molar refractivity (Wildman–Crippen MR) is 81.0 cm³/mol. The van der Waals surface area contributed by atoms with Crippen molar-refractivity contribution in [1.29, 1.82) is 21.2 Å². The number of nitriles is 3. The Morgan fingerprint density at radius 3 is 2.65 bits per heavy atom. The number of furan rings is 1. The number of rotatable bonds is 1. The van der Waals surface area contributed by atoms with Crippen LogP contribution in [0.5, 0.6) is 0 Å². The molecular weight excluding hydrogens is 290 g/mol. The van der Waals surface area contributed by atoms with Crippen LogP contribution in [-0.4, -0.2) is 30.7 Å². The SMILES string of the molecule is CN1CC=C2C(C#N)C(=N)C(C#N)(C#N)C(c3ccco3)C2C1. The van der Waals surface area contributed by atoms with E-state index in [2.05, 4.69) is 11.0 Å². The molecule has 6 nitrogen and oxygen atoms in total. The molecule has 1 aliphatic heterocycles. The van der Waals surface area contributed by atoms with Crippen molar-refractivity contribution in [2.24, 2.45) is 17.3 Å². The van der Waals surface area contributed by atoms with Gasteiger partial charge in [0.2, 0.25) is 0 Å². The molecule has 1 aromatic rings. The van der Waals surface area contributed by atoms with Gasteiger partial charge in [0, 0.05) is 19.0 Å². The maximum atomic E-state index is 9.75. The van der Waals surface area contributed by atoms with E-state index in [4.69, 9.17) is 9.83 Å². The minimum atomic E-state index is -1.68. The summed E-state index contributed by atoms with van der Waals surface area (Å²) in [4.78, 5) is 2.08. The maximum Gasteiger partial charge on any atom is 0.192 e. The molecule has 23 heavy (non-hydrogen) atoms. The van der Waals surface area contributed by atoms with Crippen LogP contribution in [0.25, 0.3) is 0 Å². The van der Waals surface area contributed by atoms with Crippen LogP contribution in [0.1, 0.15) is 11.7 Å². The molecule has 1 N–H and O–H groups in total. The molecule has 0 saturated heterocycles. The standard InChI is InChI=1S/C17H15N5O/c1-22-5-4-11-12(7-18)16(21)17(9-19,10-20)15(13(11)8-22)14-3-2-6-23-14/h2-4,6,12-13,15,21H,5,8H2,1H3. The fourth-order valence-corrected chi connectivity index (χ4v) is 3.73. The summed E-state index contributed by atoms with van der Waals surface area (Å²) in [7, 11) is 1.95. The molecule has 3 unspecified atom stereocenters. The molecule has 0 radical (unpaired) electrons. The Bertz CT molecular complexity index is 772. The van der Waals surface area contributed by atoms with Crippen LogP contribution < -0.4 is 0 Å². The topological polar surface area (TPSA) is 112 Å². The highest BCUT2D eigenvalue weighted by Gasteiger charge is 2.58. The second-order valence-electron chi connectivity index (χ2n) is 6.03. The molecule has 3 atom stereocenters. The van der Waals surface area contributed by atoms with Crippen LogP contribution >= 0.6 is 0 Å². The Balaban J connectivity index is 2.25. The van der Waals surface area contributed by atoms with E-state index in [0.29, 0.717) is 18.8 Å². The quantitative estimate of drug-likeness (QED) is 0.798. The summed E-state index contributed by atoms with van der Waals surface area (Å²) in [5.41, 5.74) is -0.991. The number of nitrogens with zero attached hydrogens (tertiary/aromatic N) is 4. The third-order valence-electron chi connectivity index (χ3n) is 4.82. The van der Waals surface area contributed by atoms with Crippen LogP contribution in [0.4, 0.5) is 0 Å². The monoisotopic (exact) mass is 305 g/mol. The van der Waals surface area contributed by atoms with E-state index in [1.54, 1.807) is 12.1 Å². The van der Waals surface area contributed by atoms with Gasteiger partial charge in [0.05, 0.1) is 36.1 Å². The Hall–Kier alpha value is -2.88. The van der Waals surface area contributed by atoms with Gasteiger partial charge in [-0.3, -0.25) is 0 Å². The van der Waals surface area contributed by atoms with E-state index < -0.39 is 17.3 Å². The van der Waals surface area contributed by atoms with Crippen molar-refractivity contribution >= 4 is 5.71 Å². The first-order valence-electron chi connectivity index (χ1n) is 7.32. The first-order chi connectivity index (χ1) is 11.1. The average molecular weight is 305 g/mol. The van der Waals surface area contributed by atoms with Gasteiger partial charge < -0.3 is 14.7 Å². The fraction of sp³-hybridized carbons (Fsp3) is 0.412. The minimum absolute atomic E-state index is 0.140. The van der Waals surface area contributed by atoms with E-state index in [9.17, 15) is 15.8 Å². The lowest BCUT2D eigenvalue weighted by molar-refractivity contribution is 0.217. The van der Waals surface area contributed by atoms with Gasteiger partial charge in [0.25, 0.3) is 0 Å². The van der Waals surface area contributed by atoms with E-state index in [1.807, 2.05) is 25.3 Å². The third kappa shape index (κ3) is 1.99. The van der Waals surface area contributed by atoms with Crippen molar-refractivity contribution in [2.45, 2.75) is 5.92 Å².